The molecular formula is C14H17N3O3S. The number of carbonyl (C=O) groups is 1. The van der Waals surface area contributed by atoms with Gasteiger partial charge < -0.3 is 9.64 Å². The third-order valence-electron chi connectivity index (χ3n) is 3.71. The highest BCUT2D eigenvalue weighted by molar-refractivity contribution is 7.17. The number of aryl methyl sites for hydroxylation is 1. The molecule has 0 spiro atoms. The van der Waals surface area contributed by atoms with Crippen LogP contribution < -0.4 is 5.56 Å². The summed E-state index contributed by atoms with van der Waals surface area (Å²) in [5.41, 5.74) is 1.76. The molecule has 2 aromatic rings. The van der Waals surface area contributed by atoms with E-state index in [4.69, 9.17) is 4.74 Å². The van der Waals surface area contributed by atoms with E-state index in [2.05, 4.69) is 4.98 Å². The molecular weight excluding hydrogens is 290 g/mol. The van der Waals surface area contributed by atoms with Gasteiger partial charge in [-0.2, -0.15) is 0 Å². The van der Waals surface area contributed by atoms with Gasteiger partial charge in [0.1, 0.15) is 4.70 Å². The van der Waals surface area contributed by atoms with Gasteiger partial charge in [-0.15, -0.1) is 11.3 Å². The lowest BCUT2D eigenvalue weighted by Crippen LogP contribution is -2.47. The number of hydrogen-bond acceptors (Lipinski definition) is 5. The number of morpholine rings is 1. The van der Waals surface area contributed by atoms with Gasteiger partial charge in [-0.1, -0.05) is 0 Å². The Labute approximate surface area is 126 Å². The second kappa shape index (κ2) is 5.57. The Balaban J connectivity index is 1.83. The average molecular weight is 307 g/mol. The van der Waals surface area contributed by atoms with Crippen LogP contribution in [0.1, 0.15) is 12.5 Å². The van der Waals surface area contributed by atoms with E-state index in [1.54, 1.807) is 22.7 Å². The quantitative estimate of drug-likeness (QED) is 0.831. The largest absolute Gasteiger partial charge is 0.373 e. The summed E-state index contributed by atoms with van der Waals surface area (Å²) in [6.45, 7) is 5.56. The number of nitrogens with zero attached hydrogens (tertiary/aromatic N) is 3. The molecule has 3 rings (SSSR count). The number of fused-ring (bicyclic) bond motifs is 1. The normalized spacial score (nSPS) is 19.1. The molecule has 1 aliphatic heterocycles. The summed E-state index contributed by atoms with van der Waals surface area (Å²) in [6.07, 6.45) is 1.40. The maximum Gasteiger partial charge on any atom is 0.271 e. The number of ether oxygens (including phenoxy) is 1. The minimum Gasteiger partial charge on any atom is -0.373 e. The van der Waals surface area contributed by atoms with E-state index in [1.807, 2.05) is 12.3 Å². The van der Waals surface area contributed by atoms with Gasteiger partial charge in [-0.3, -0.25) is 14.2 Å². The van der Waals surface area contributed by atoms with E-state index < -0.39 is 0 Å². The highest BCUT2D eigenvalue weighted by Gasteiger charge is 2.23. The molecule has 0 unspecified atom stereocenters. The molecule has 3 heterocycles. The first-order valence-electron chi connectivity index (χ1n) is 6.86. The summed E-state index contributed by atoms with van der Waals surface area (Å²) >= 11 is 1.42. The van der Waals surface area contributed by atoms with Gasteiger partial charge in [0.2, 0.25) is 5.91 Å². The first-order chi connectivity index (χ1) is 10.1. The van der Waals surface area contributed by atoms with Crippen LogP contribution in [0.2, 0.25) is 0 Å². The van der Waals surface area contributed by atoms with Gasteiger partial charge in [-0.05, 0) is 17.9 Å². The summed E-state index contributed by atoms with van der Waals surface area (Å²) in [6, 6.07) is 0. The molecule has 21 heavy (non-hydrogen) atoms. The van der Waals surface area contributed by atoms with Crippen molar-refractivity contribution in [2.45, 2.75) is 26.5 Å². The lowest BCUT2D eigenvalue weighted by molar-refractivity contribution is -0.136. The number of rotatable bonds is 2. The standard InChI is InChI=1S/C14H17N3O3S/c1-9-7-21-13-12(9)15-8-17(14(13)19)6-11-5-16(10(2)18)3-4-20-11/h7-8,11H,3-6H2,1-2H3/t11-/m1/s1. The van der Waals surface area contributed by atoms with E-state index in [0.29, 0.717) is 30.9 Å². The number of carbonyl (C=O) groups excluding carboxylic acids is 1. The van der Waals surface area contributed by atoms with Crippen LogP contribution in [0.4, 0.5) is 0 Å². The van der Waals surface area contributed by atoms with E-state index in [9.17, 15) is 9.59 Å². The maximum absolute atomic E-state index is 12.4. The minimum atomic E-state index is -0.166. The van der Waals surface area contributed by atoms with Crippen LogP contribution in [0, 0.1) is 6.92 Å². The van der Waals surface area contributed by atoms with Crippen molar-refractivity contribution in [3.63, 3.8) is 0 Å². The molecule has 1 atom stereocenters. The van der Waals surface area contributed by atoms with Crippen molar-refractivity contribution < 1.29 is 9.53 Å². The van der Waals surface area contributed by atoms with Gasteiger partial charge >= 0.3 is 0 Å². The summed E-state index contributed by atoms with van der Waals surface area (Å²) in [4.78, 5) is 30.0. The van der Waals surface area contributed by atoms with Crippen LogP contribution in [0.3, 0.4) is 0 Å². The van der Waals surface area contributed by atoms with Crippen molar-refractivity contribution in [2.24, 2.45) is 0 Å². The number of hydrogen-bond donors (Lipinski definition) is 0. The van der Waals surface area contributed by atoms with E-state index in [-0.39, 0.29) is 17.6 Å². The maximum atomic E-state index is 12.4. The lowest BCUT2D eigenvalue weighted by Gasteiger charge is -2.32. The zero-order valence-corrected chi connectivity index (χ0v) is 12.9. The van der Waals surface area contributed by atoms with Crippen LogP contribution in [0.5, 0.6) is 0 Å². The molecule has 2 aromatic heterocycles. The van der Waals surface area contributed by atoms with Crippen molar-refractivity contribution >= 4 is 27.5 Å². The molecule has 112 valence electrons. The summed E-state index contributed by atoms with van der Waals surface area (Å²) < 4.78 is 7.91. The summed E-state index contributed by atoms with van der Waals surface area (Å²) in [5.74, 6) is 0.0399. The van der Waals surface area contributed by atoms with Gasteiger partial charge in [0.05, 0.1) is 31.1 Å². The Morgan fingerprint density at radius 1 is 1.57 bits per heavy atom. The zero-order chi connectivity index (χ0) is 15.0. The SMILES string of the molecule is CC(=O)N1CCO[C@@H](Cn2cnc3c(C)csc3c2=O)C1. The Morgan fingerprint density at radius 2 is 2.38 bits per heavy atom. The van der Waals surface area contributed by atoms with Crippen molar-refractivity contribution in [2.75, 3.05) is 19.7 Å². The van der Waals surface area contributed by atoms with Gasteiger partial charge in [0.25, 0.3) is 5.56 Å². The minimum absolute atomic E-state index is 0.0399. The average Bonchev–Trinajstić information content (AvgIpc) is 2.84. The van der Waals surface area contributed by atoms with Crippen molar-refractivity contribution in [1.82, 2.24) is 14.5 Å². The highest BCUT2D eigenvalue weighted by Crippen LogP contribution is 2.19. The fraction of sp³-hybridized carbons (Fsp3) is 0.500. The van der Waals surface area contributed by atoms with Crippen LogP contribution in [0.15, 0.2) is 16.5 Å². The predicted molar refractivity (Wildman–Crippen MR) is 80.6 cm³/mol. The topological polar surface area (TPSA) is 64.4 Å². The van der Waals surface area contributed by atoms with Gasteiger partial charge in [0, 0.05) is 20.0 Å². The monoisotopic (exact) mass is 307 g/mol. The molecule has 6 nitrogen and oxygen atoms in total. The Kier molecular flexibility index (Phi) is 3.77. The highest BCUT2D eigenvalue weighted by atomic mass is 32.1. The lowest BCUT2D eigenvalue weighted by atomic mass is 10.2. The third kappa shape index (κ3) is 2.71. The number of aromatic nitrogens is 2. The number of amides is 1. The zero-order valence-electron chi connectivity index (χ0n) is 12.0. The number of thiophene rings is 1. The molecule has 0 bridgehead atoms. The molecule has 0 N–H and O–H groups in total. The molecule has 1 amide bonds. The molecule has 0 saturated carbocycles. The first kappa shape index (κ1) is 14.2. The molecule has 0 aliphatic carbocycles. The summed E-state index contributed by atoms with van der Waals surface area (Å²) in [5, 5.41) is 1.94. The van der Waals surface area contributed by atoms with Crippen LogP contribution in [-0.2, 0) is 16.1 Å². The molecule has 1 aliphatic rings. The van der Waals surface area contributed by atoms with Gasteiger partial charge in [-0.25, -0.2) is 4.98 Å². The second-order valence-corrected chi connectivity index (χ2v) is 6.14. The predicted octanol–water partition coefficient (Wildman–Crippen LogP) is 1.01. The molecule has 1 saturated heterocycles. The first-order valence-corrected chi connectivity index (χ1v) is 7.74. The Morgan fingerprint density at radius 3 is 3.14 bits per heavy atom. The fourth-order valence-corrected chi connectivity index (χ4v) is 3.48. The van der Waals surface area contributed by atoms with Gasteiger partial charge in [0.15, 0.2) is 0 Å². The van der Waals surface area contributed by atoms with Crippen LogP contribution in [0.25, 0.3) is 10.2 Å². The Bertz CT molecular complexity index is 737. The molecule has 7 heteroatoms. The smallest absolute Gasteiger partial charge is 0.271 e. The molecule has 1 fully saturated rings. The van der Waals surface area contributed by atoms with E-state index in [1.165, 1.54) is 11.3 Å². The fourth-order valence-electron chi connectivity index (χ4n) is 2.53. The Hall–Kier alpha value is -1.73. The second-order valence-electron chi connectivity index (χ2n) is 5.26. The van der Waals surface area contributed by atoms with Crippen molar-refractivity contribution in [1.29, 1.82) is 0 Å². The third-order valence-corrected chi connectivity index (χ3v) is 4.78. The van der Waals surface area contributed by atoms with Crippen LogP contribution >= 0.6 is 11.3 Å². The van der Waals surface area contributed by atoms with Crippen molar-refractivity contribution in [3.05, 3.63) is 27.6 Å². The van der Waals surface area contributed by atoms with Crippen molar-refractivity contribution in [3.8, 4) is 0 Å². The molecule has 0 aromatic carbocycles. The van der Waals surface area contributed by atoms with E-state index >= 15 is 0 Å². The summed E-state index contributed by atoms with van der Waals surface area (Å²) in [7, 11) is 0. The molecule has 0 radical (unpaired) electrons. The van der Waals surface area contributed by atoms with Crippen LogP contribution in [-0.4, -0.2) is 46.2 Å². The van der Waals surface area contributed by atoms with E-state index in [0.717, 1.165) is 11.1 Å².